The maximum atomic E-state index is 13.4. The maximum absolute atomic E-state index is 13.4. The van der Waals surface area contributed by atoms with E-state index < -0.39 is 35.8 Å². The molecule has 0 fully saturated rings. The number of anilines is 1. The van der Waals surface area contributed by atoms with E-state index in [9.17, 15) is 28.8 Å². The van der Waals surface area contributed by atoms with Crippen LogP contribution in [0.4, 0.5) is 15.3 Å². The molecule has 0 aromatic heterocycles. The summed E-state index contributed by atoms with van der Waals surface area (Å²) >= 11 is 0. The normalized spacial score (nSPS) is 12.8. The number of benzene rings is 1. The Labute approximate surface area is 305 Å². The highest BCUT2D eigenvalue weighted by Gasteiger charge is 2.31. The van der Waals surface area contributed by atoms with Crippen LogP contribution in [-0.4, -0.2) is 68.7 Å². The number of carbonyl (C=O) groups is 6. The maximum Gasteiger partial charge on any atom is 0.312 e. The second kappa shape index (κ2) is 22.0. The van der Waals surface area contributed by atoms with Crippen LogP contribution in [-0.2, 0) is 35.3 Å². The molecule has 0 aliphatic rings. The van der Waals surface area contributed by atoms with Crippen molar-refractivity contribution in [3.05, 3.63) is 29.8 Å². The van der Waals surface area contributed by atoms with Crippen molar-refractivity contribution in [2.75, 3.05) is 18.5 Å². The van der Waals surface area contributed by atoms with Crippen LogP contribution in [0.1, 0.15) is 112 Å². The van der Waals surface area contributed by atoms with Crippen molar-refractivity contribution in [1.82, 2.24) is 16.0 Å². The quantitative estimate of drug-likeness (QED) is 0.0660. The molecule has 0 heterocycles. The third-order valence-corrected chi connectivity index (χ3v) is 7.81. The number of amides is 5. The molecule has 51 heavy (non-hydrogen) atoms. The van der Waals surface area contributed by atoms with Crippen LogP contribution in [0, 0.1) is 22.7 Å². The van der Waals surface area contributed by atoms with E-state index in [1.54, 1.807) is 38.1 Å². The predicted molar refractivity (Wildman–Crippen MR) is 198 cm³/mol. The average Bonchev–Trinajstić information content (AvgIpc) is 3.00. The molecular weight excluding hydrogens is 653 g/mol. The Bertz CT molecular complexity index is 1280. The molecular formula is C37H60BN5O8. The molecule has 2 radical (unpaired) electrons. The van der Waals surface area contributed by atoms with Gasteiger partial charge in [-0.15, -0.1) is 0 Å². The third-order valence-electron chi connectivity index (χ3n) is 7.81. The van der Waals surface area contributed by atoms with Crippen LogP contribution >= 0.6 is 0 Å². The number of esters is 1. The first kappa shape index (κ1) is 44.9. The highest BCUT2D eigenvalue weighted by atomic mass is 16.5. The molecule has 6 N–H and O–H groups in total. The van der Waals surface area contributed by atoms with Gasteiger partial charge in [0.2, 0.25) is 31.4 Å². The summed E-state index contributed by atoms with van der Waals surface area (Å²) in [6.45, 7) is 16.7. The number of hydrogen-bond donors (Lipinski definition) is 5. The van der Waals surface area contributed by atoms with Gasteiger partial charge in [-0.1, -0.05) is 67.5 Å². The van der Waals surface area contributed by atoms with Gasteiger partial charge in [0.15, 0.2) is 0 Å². The van der Waals surface area contributed by atoms with Crippen LogP contribution in [0.3, 0.4) is 0 Å². The summed E-state index contributed by atoms with van der Waals surface area (Å²) in [5.41, 5.74) is 6.25. The summed E-state index contributed by atoms with van der Waals surface area (Å²) in [7, 11) is 5.00. The number of urea groups is 1. The van der Waals surface area contributed by atoms with Gasteiger partial charge in [0.25, 0.3) is 0 Å². The first-order chi connectivity index (χ1) is 23.7. The zero-order valence-electron chi connectivity index (χ0n) is 31.8. The number of rotatable bonds is 21. The van der Waals surface area contributed by atoms with Crippen LogP contribution in [0.15, 0.2) is 24.3 Å². The van der Waals surface area contributed by atoms with E-state index in [1.807, 2.05) is 0 Å². The van der Waals surface area contributed by atoms with Gasteiger partial charge in [-0.3, -0.25) is 24.0 Å². The lowest BCUT2D eigenvalue weighted by Gasteiger charge is -2.29. The first-order valence-electron chi connectivity index (χ1n) is 17.8. The molecule has 0 saturated heterocycles. The average molecular weight is 714 g/mol. The van der Waals surface area contributed by atoms with Gasteiger partial charge in [-0.2, -0.15) is 0 Å². The SMILES string of the molecule is [B]C(=O)OCc1ccc(NC(=O)[C@H](CCCNC(N)=O)NC(=O)[C@@H](NC(=O)CCCCCOC(=O)C(CC(C)(C)C)CC(C)(C)C)C(C)C)cc1. The zero-order valence-corrected chi connectivity index (χ0v) is 31.8. The number of nitrogens with two attached hydrogens (primary N) is 1. The zero-order chi connectivity index (χ0) is 38.8. The molecule has 1 rings (SSSR count). The first-order valence-corrected chi connectivity index (χ1v) is 17.8. The Kier molecular flexibility index (Phi) is 19.4. The molecule has 0 saturated carbocycles. The topological polar surface area (TPSA) is 195 Å². The van der Waals surface area contributed by atoms with Crippen molar-refractivity contribution in [3.63, 3.8) is 0 Å². The van der Waals surface area contributed by atoms with Crippen LogP contribution in [0.5, 0.6) is 0 Å². The van der Waals surface area contributed by atoms with Gasteiger partial charge < -0.3 is 36.5 Å². The molecule has 1 aromatic rings. The minimum absolute atomic E-state index is 0.00304. The third kappa shape index (κ3) is 21.0. The van der Waals surface area contributed by atoms with E-state index in [-0.39, 0.29) is 67.1 Å². The molecule has 0 spiro atoms. The molecule has 0 unspecified atom stereocenters. The van der Waals surface area contributed by atoms with E-state index in [0.29, 0.717) is 36.9 Å². The van der Waals surface area contributed by atoms with Gasteiger partial charge in [0, 0.05) is 18.7 Å². The van der Waals surface area contributed by atoms with E-state index in [1.165, 1.54) is 0 Å². The molecule has 5 amide bonds. The highest BCUT2D eigenvalue weighted by molar-refractivity contribution is 6.55. The van der Waals surface area contributed by atoms with E-state index in [4.69, 9.17) is 23.1 Å². The van der Waals surface area contributed by atoms with E-state index in [2.05, 4.69) is 62.8 Å². The fraction of sp³-hybridized carbons (Fsp3) is 0.676. The molecule has 2 atom stereocenters. The van der Waals surface area contributed by atoms with Gasteiger partial charge >= 0.3 is 12.0 Å². The number of carbonyl (C=O) groups excluding carboxylic acids is 6. The van der Waals surface area contributed by atoms with Gasteiger partial charge in [-0.25, -0.2) is 4.79 Å². The van der Waals surface area contributed by atoms with E-state index in [0.717, 1.165) is 12.8 Å². The summed E-state index contributed by atoms with van der Waals surface area (Å²) in [6.07, 6.45) is 4.04. The lowest BCUT2D eigenvalue weighted by molar-refractivity contribution is -0.151. The Morgan fingerprint density at radius 3 is 1.94 bits per heavy atom. The Morgan fingerprint density at radius 2 is 1.41 bits per heavy atom. The van der Waals surface area contributed by atoms with Gasteiger partial charge in [-0.05, 0) is 79.4 Å². The van der Waals surface area contributed by atoms with Crippen LogP contribution in [0.2, 0.25) is 0 Å². The summed E-state index contributed by atoms with van der Waals surface area (Å²) < 4.78 is 10.4. The second-order valence-electron chi connectivity index (χ2n) is 15.8. The summed E-state index contributed by atoms with van der Waals surface area (Å²) in [5, 5.41) is 10.8. The lowest BCUT2D eigenvalue weighted by Crippen LogP contribution is -2.54. The van der Waals surface area contributed by atoms with Gasteiger partial charge in [0.05, 0.1) is 12.5 Å². The Hall–Kier alpha value is -4.10. The molecule has 1 aromatic carbocycles. The molecule has 284 valence electrons. The lowest BCUT2D eigenvalue weighted by atomic mass is 9.77. The summed E-state index contributed by atoms with van der Waals surface area (Å²) in [4.78, 5) is 74.4. The second-order valence-corrected chi connectivity index (χ2v) is 15.8. The number of ether oxygens (including phenoxy) is 2. The van der Waals surface area contributed by atoms with Crippen molar-refractivity contribution in [3.8, 4) is 0 Å². The smallest absolute Gasteiger partial charge is 0.312 e. The fourth-order valence-corrected chi connectivity index (χ4v) is 5.47. The molecule has 13 nitrogen and oxygen atoms in total. The highest BCUT2D eigenvalue weighted by Crippen LogP contribution is 2.33. The fourth-order valence-electron chi connectivity index (χ4n) is 5.47. The predicted octanol–water partition coefficient (Wildman–Crippen LogP) is 5.10. The standard InChI is InChI=1S/C37H60BN5O8/c1-24(2)30(43-29(44)14-10-9-11-20-50-33(47)26(21-36(3,4)5)22-37(6,7)8)32(46)42-28(13-12-19-40-35(39)49)31(45)41-27-17-15-25(16-18-27)23-51-34(38)48/h15-18,24,26,28,30H,9-14,19-23H2,1-8H3,(H,41,45)(H,42,46)(H,43,44)(H3,39,40,49)/t28-,30-/m0/s1. The van der Waals surface area contributed by atoms with Crippen molar-refractivity contribution < 1.29 is 38.2 Å². The molecule has 0 aliphatic carbocycles. The number of nitrogens with one attached hydrogen (secondary N) is 4. The molecule has 14 heteroatoms. The largest absolute Gasteiger partial charge is 0.470 e. The van der Waals surface area contributed by atoms with E-state index >= 15 is 0 Å². The van der Waals surface area contributed by atoms with Crippen molar-refractivity contribution in [1.29, 1.82) is 0 Å². The van der Waals surface area contributed by atoms with Gasteiger partial charge in [0.1, 0.15) is 18.7 Å². The Balaban J connectivity index is 2.73. The van der Waals surface area contributed by atoms with Crippen molar-refractivity contribution in [2.24, 2.45) is 28.4 Å². The number of unbranched alkanes of at least 4 members (excludes halogenated alkanes) is 2. The number of hydrogen-bond acceptors (Lipinski definition) is 8. The Morgan fingerprint density at radius 1 is 0.804 bits per heavy atom. The number of primary amides is 1. The summed E-state index contributed by atoms with van der Waals surface area (Å²) in [5.74, 6) is -2.85. The van der Waals surface area contributed by atoms with Crippen LogP contribution < -0.4 is 27.0 Å². The van der Waals surface area contributed by atoms with Crippen molar-refractivity contribution >= 4 is 49.1 Å². The van der Waals surface area contributed by atoms with Crippen molar-refractivity contribution in [2.45, 2.75) is 125 Å². The molecule has 0 aliphatic heterocycles. The monoisotopic (exact) mass is 713 g/mol. The minimum Gasteiger partial charge on any atom is -0.470 e. The van der Waals surface area contributed by atoms with Crippen LogP contribution in [0.25, 0.3) is 0 Å². The molecule has 0 bridgehead atoms. The summed E-state index contributed by atoms with van der Waals surface area (Å²) in [6, 6.07) is 3.94. The minimum atomic E-state index is -0.989.